The Labute approximate surface area is 360 Å². The SMILES string of the molecule is Cn1nc(C2CCC(=O)NC2=O)c2ccc(C3CCN(CC4CCN(c5ncc(Cl)c(Nc6cc(F)c7c(c6)c6c(c(=O)n7C)OCC(F)(F)C(C7CC7)N6)n5)CC4)CC3)cc21. The number of pyridine rings is 1. The van der Waals surface area contributed by atoms with Gasteiger partial charge in [-0.1, -0.05) is 23.7 Å². The molecule has 5 aromatic rings. The maximum absolute atomic E-state index is 15.9. The largest absolute Gasteiger partial charge is 0.480 e. The zero-order valence-electron chi connectivity index (χ0n) is 34.5. The lowest BCUT2D eigenvalue weighted by molar-refractivity contribution is -0.134. The van der Waals surface area contributed by atoms with Crippen LogP contribution in [0.4, 0.5) is 36.3 Å². The first-order valence-corrected chi connectivity index (χ1v) is 21.9. The molecule has 0 bridgehead atoms. The lowest BCUT2D eigenvalue weighted by Crippen LogP contribution is -2.44. The predicted molar refractivity (Wildman–Crippen MR) is 229 cm³/mol. The van der Waals surface area contributed by atoms with E-state index in [0.29, 0.717) is 43.5 Å². The number of nitrogens with zero attached hydrogens (tertiary/aromatic N) is 7. The molecule has 3 N–H and O–H groups in total. The third-order valence-electron chi connectivity index (χ3n) is 13.6. The average Bonchev–Trinajstić information content (AvgIpc) is 4.06. The van der Waals surface area contributed by atoms with Crippen molar-refractivity contribution in [2.45, 2.75) is 75.2 Å². The molecule has 2 atom stereocenters. The van der Waals surface area contributed by atoms with Crippen molar-refractivity contribution >= 4 is 68.4 Å². The van der Waals surface area contributed by atoms with Crippen LogP contribution in [-0.2, 0) is 23.7 Å². The maximum Gasteiger partial charge on any atom is 0.301 e. The summed E-state index contributed by atoms with van der Waals surface area (Å²) in [4.78, 5) is 51.5. The first kappa shape index (κ1) is 40.6. The van der Waals surface area contributed by atoms with E-state index in [1.165, 1.54) is 24.9 Å². The van der Waals surface area contributed by atoms with Gasteiger partial charge < -0.3 is 29.7 Å². The summed E-state index contributed by atoms with van der Waals surface area (Å²) in [6.45, 7) is 3.61. The van der Waals surface area contributed by atoms with Gasteiger partial charge in [0.05, 0.1) is 40.6 Å². The van der Waals surface area contributed by atoms with Crippen LogP contribution in [0.3, 0.4) is 0 Å². The number of amides is 2. The molecule has 1 saturated carbocycles. The van der Waals surface area contributed by atoms with Gasteiger partial charge in [-0.15, -0.1) is 0 Å². The van der Waals surface area contributed by atoms with Gasteiger partial charge in [-0.2, -0.15) is 10.1 Å². The van der Waals surface area contributed by atoms with Crippen molar-refractivity contribution in [2.75, 3.05) is 54.9 Å². The lowest BCUT2D eigenvalue weighted by atomic mass is 9.87. The van der Waals surface area contributed by atoms with Crippen molar-refractivity contribution in [3.05, 3.63) is 69.0 Å². The van der Waals surface area contributed by atoms with Crippen LogP contribution in [0.15, 0.2) is 41.3 Å². The number of halogens is 4. The summed E-state index contributed by atoms with van der Waals surface area (Å²) in [5.74, 6) is -3.71. The topological polar surface area (TPSA) is 152 Å². The Morgan fingerprint density at radius 1 is 0.968 bits per heavy atom. The number of carbonyl (C=O) groups is 2. The molecule has 0 radical (unpaired) electrons. The van der Waals surface area contributed by atoms with Gasteiger partial charge in [-0.05, 0) is 99.6 Å². The molecule has 14 nitrogen and oxygen atoms in total. The van der Waals surface area contributed by atoms with Crippen LogP contribution >= 0.6 is 11.6 Å². The number of fused-ring (bicyclic) bond motifs is 4. The number of aryl methyl sites for hydroxylation is 2. The molecule has 3 saturated heterocycles. The van der Waals surface area contributed by atoms with E-state index in [-0.39, 0.29) is 56.6 Å². The number of carbonyl (C=O) groups excluding carboxylic acids is 2. The maximum atomic E-state index is 15.9. The van der Waals surface area contributed by atoms with Gasteiger partial charge in [0, 0.05) is 56.6 Å². The third kappa shape index (κ3) is 7.50. The smallest absolute Gasteiger partial charge is 0.301 e. The molecule has 3 aromatic heterocycles. The normalized spacial score (nSPS) is 22.6. The summed E-state index contributed by atoms with van der Waals surface area (Å²) in [5, 5.41) is 14.6. The van der Waals surface area contributed by atoms with E-state index in [1.54, 1.807) is 6.07 Å². The van der Waals surface area contributed by atoms with Gasteiger partial charge in [-0.3, -0.25) is 24.4 Å². The van der Waals surface area contributed by atoms with E-state index in [9.17, 15) is 14.4 Å². The highest BCUT2D eigenvalue weighted by molar-refractivity contribution is 6.33. The van der Waals surface area contributed by atoms with Crippen molar-refractivity contribution < 1.29 is 27.5 Å². The molecule has 10 rings (SSSR count). The van der Waals surface area contributed by atoms with E-state index in [0.717, 1.165) is 79.6 Å². The molecule has 18 heteroatoms. The molecule has 2 aromatic carbocycles. The lowest BCUT2D eigenvalue weighted by Gasteiger charge is -2.38. The quantitative estimate of drug-likeness (QED) is 0.145. The Morgan fingerprint density at radius 2 is 1.74 bits per heavy atom. The first-order chi connectivity index (χ1) is 29.8. The zero-order chi connectivity index (χ0) is 43.0. The highest BCUT2D eigenvalue weighted by Gasteiger charge is 2.51. The molecule has 4 fully saturated rings. The minimum absolute atomic E-state index is 0.0389. The number of hydrogen-bond acceptors (Lipinski definition) is 11. The highest BCUT2D eigenvalue weighted by Crippen LogP contribution is 2.46. The Kier molecular flexibility index (Phi) is 10.3. The summed E-state index contributed by atoms with van der Waals surface area (Å²) >= 11 is 6.58. The minimum atomic E-state index is -3.23. The monoisotopic (exact) mass is 872 g/mol. The number of nitrogens with one attached hydrogen (secondary N) is 3. The Hall–Kier alpha value is -5.42. The molecule has 2 amide bonds. The van der Waals surface area contributed by atoms with Gasteiger partial charge in [-0.25, -0.2) is 18.2 Å². The number of piperidine rings is 3. The summed E-state index contributed by atoms with van der Waals surface area (Å²) in [6.07, 6.45) is 7.61. The zero-order valence-corrected chi connectivity index (χ0v) is 35.3. The number of rotatable bonds is 8. The number of alkyl halides is 2. The molecule has 0 spiro atoms. The van der Waals surface area contributed by atoms with Crippen molar-refractivity contribution in [3.63, 3.8) is 0 Å². The number of ether oxygens (including phenoxy) is 1. The minimum Gasteiger partial charge on any atom is -0.480 e. The molecule has 4 aliphatic heterocycles. The van der Waals surface area contributed by atoms with Crippen molar-refractivity contribution in [2.24, 2.45) is 25.9 Å². The fourth-order valence-corrected chi connectivity index (χ4v) is 10.1. The van der Waals surface area contributed by atoms with Crippen molar-refractivity contribution in [3.8, 4) is 5.75 Å². The summed E-state index contributed by atoms with van der Waals surface area (Å²) < 4.78 is 54.6. The van der Waals surface area contributed by atoms with Crippen LogP contribution < -0.4 is 31.1 Å². The van der Waals surface area contributed by atoms with E-state index < -0.39 is 35.9 Å². The fourth-order valence-electron chi connectivity index (χ4n) is 10.0. The molecule has 62 heavy (non-hydrogen) atoms. The molecular formula is C44H48ClF3N10O4. The molecule has 326 valence electrons. The Balaban J connectivity index is 0.774. The summed E-state index contributed by atoms with van der Waals surface area (Å²) in [5.41, 5.74) is 2.59. The molecule has 1 aliphatic carbocycles. The van der Waals surface area contributed by atoms with Crippen LogP contribution in [0.5, 0.6) is 5.75 Å². The van der Waals surface area contributed by atoms with E-state index in [1.807, 2.05) is 11.7 Å². The van der Waals surface area contributed by atoms with Gasteiger partial charge in [0.1, 0.15) is 10.8 Å². The number of benzene rings is 2. The van der Waals surface area contributed by atoms with E-state index in [2.05, 4.69) is 48.9 Å². The van der Waals surface area contributed by atoms with Gasteiger partial charge in [0.2, 0.25) is 23.5 Å². The first-order valence-electron chi connectivity index (χ1n) is 21.5. The van der Waals surface area contributed by atoms with Crippen LogP contribution in [0.1, 0.15) is 74.5 Å². The number of hydrogen-bond donors (Lipinski definition) is 3. The van der Waals surface area contributed by atoms with E-state index >= 15 is 13.2 Å². The van der Waals surface area contributed by atoms with E-state index in [4.69, 9.17) is 26.4 Å². The Morgan fingerprint density at radius 3 is 2.48 bits per heavy atom. The van der Waals surface area contributed by atoms with Crippen LogP contribution in [-0.4, -0.2) is 92.3 Å². The van der Waals surface area contributed by atoms with Crippen LogP contribution in [0.2, 0.25) is 5.02 Å². The second-order valence-electron chi connectivity index (χ2n) is 17.7. The van der Waals surface area contributed by atoms with Crippen molar-refractivity contribution in [1.29, 1.82) is 0 Å². The second-order valence-corrected chi connectivity index (χ2v) is 18.1. The van der Waals surface area contributed by atoms with Crippen molar-refractivity contribution in [1.82, 2.24) is 34.5 Å². The van der Waals surface area contributed by atoms with Gasteiger partial charge >= 0.3 is 5.92 Å². The number of imide groups is 1. The summed E-state index contributed by atoms with van der Waals surface area (Å²) in [7, 11) is 3.30. The van der Waals surface area contributed by atoms with Gasteiger partial charge in [0.15, 0.2) is 12.4 Å². The fraction of sp³-hybridized carbons (Fsp3) is 0.500. The molecular weight excluding hydrogens is 825 g/mol. The highest BCUT2D eigenvalue weighted by atomic mass is 35.5. The standard InChI is InChI=1S/C44H48ClF3N10O4/c1-55-37-30(36-38(42(55)61)62-22-44(47,48)39(52-36)25-3-4-25)18-27(19-32(37)46)50-40-31(45)20-49-43(53-40)58-15-9-23(10-16-58)21-57-13-11-24(12-14-57)26-5-6-28-33(17-26)56(2)54-35(28)29-7-8-34(59)51-41(29)60/h5-6,17-20,23-25,29,39,52H,3-4,7-16,21-22H2,1-2H3,(H,49,50,53)(H,51,59,60). The number of aromatic nitrogens is 5. The van der Waals surface area contributed by atoms with Gasteiger partial charge in [0.25, 0.3) is 5.56 Å². The molecule has 2 unspecified atom stereocenters. The predicted octanol–water partition coefficient (Wildman–Crippen LogP) is 6.59. The molecule has 5 aliphatic rings. The average molecular weight is 873 g/mol. The molecule has 7 heterocycles. The number of likely N-dealkylation sites (tertiary alicyclic amines) is 1. The number of anilines is 4. The Bertz CT molecular complexity index is 2670. The van der Waals surface area contributed by atoms with Crippen LogP contribution in [0.25, 0.3) is 21.8 Å². The second kappa shape index (κ2) is 15.7. The summed E-state index contributed by atoms with van der Waals surface area (Å²) in [6, 6.07) is 8.05. The third-order valence-corrected chi connectivity index (χ3v) is 13.9. The van der Waals surface area contributed by atoms with Crippen LogP contribution in [0, 0.1) is 17.7 Å².